The normalized spacial score (nSPS) is 16.3. The van der Waals surface area contributed by atoms with Crippen molar-refractivity contribution in [2.75, 3.05) is 18.0 Å². The highest BCUT2D eigenvalue weighted by atomic mass is 16.1. The fourth-order valence-corrected chi connectivity index (χ4v) is 3.68. The van der Waals surface area contributed by atoms with Crippen LogP contribution in [0.1, 0.15) is 70.7 Å². The molecule has 0 bridgehead atoms. The van der Waals surface area contributed by atoms with Crippen LogP contribution in [0, 0.1) is 5.41 Å². The minimum Gasteiger partial charge on any atom is -0.356 e. The smallest absolute Gasteiger partial charge is 0.255 e. The highest BCUT2D eigenvalue weighted by Crippen LogP contribution is 2.28. The first-order valence-electron chi connectivity index (χ1n) is 8.70. The van der Waals surface area contributed by atoms with Crippen molar-refractivity contribution in [1.82, 2.24) is 10.3 Å². The summed E-state index contributed by atoms with van der Waals surface area (Å²) in [4.78, 5) is 19.6. The van der Waals surface area contributed by atoms with E-state index in [4.69, 9.17) is 0 Å². The molecule has 4 heteroatoms. The Morgan fingerprint density at radius 2 is 1.83 bits per heavy atom. The first-order chi connectivity index (χ1) is 10.7. The second kappa shape index (κ2) is 6.90. The lowest BCUT2D eigenvalue weighted by atomic mass is 9.81. The Hall–Kier alpha value is -1.58. The van der Waals surface area contributed by atoms with Gasteiger partial charge in [-0.15, -0.1) is 0 Å². The summed E-state index contributed by atoms with van der Waals surface area (Å²) in [5, 5.41) is 3.20. The van der Waals surface area contributed by atoms with Crippen LogP contribution in [0.2, 0.25) is 0 Å². The van der Waals surface area contributed by atoms with Crippen molar-refractivity contribution in [3.8, 4) is 0 Å². The molecule has 0 unspecified atom stereocenters. The predicted molar refractivity (Wildman–Crippen MR) is 95.9 cm³/mol. The van der Waals surface area contributed by atoms with Crippen LogP contribution in [-0.2, 0) is 0 Å². The predicted octanol–water partition coefficient (Wildman–Crippen LogP) is 4.02. The molecule has 0 spiro atoms. The molecule has 4 nitrogen and oxygen atoms in total. The summed E-state index contributed by atoms with van der Waals surface area (Å²) in [6.45, 7) is 12.8. The maximum Gasteiger partial charge on any atom is 0.255 e. The minimum atomic E-state index is -0.246. The first kappa shape index (κ1) is 17.8. The monoisotopic (exact) mass is 317 g/mol. The Bertz CT molecular complexity index is 540. The second-order valence-corrected chi connectivity index (χ2v) is 8.50. The standard InChI is InChI=1S/C19H31N3O/c1-18(2,3)14-19(4,5)21-17(23)15-10-9-11-20-16(15)22-12-7-6-8-13-22/h9-11H,6-8,12-14H2,1-5H3,(H,21,23). The van der Waals surface area contributed by atoms with E-state index in [9.17, 15) is 4.79 Å². The molecular weight excluding hydrogens is 286 g/mol. The zero-order valence-corrected chi connectivity index (χ0v) is 15.3. The molecule has 23 heavy (non-hydrogen) atoms. The third kappa shape index (κ3) is 5.22. The summed E-state index contributed by atoms with van der Waals surface area (Å²) in [7, 11) is 0. The van der Waals surface area contributed by atoms with Gasteiger partial charge in [0.05, 0.1) is 5.56 Å². The summed E-state index contributed by atoms with van der Waals surface area (Å²) < 4.78 is 0. The van der Waals surface area contributed by atoms with E-state index in [1.54, 1.807) is 6.20 Å². The summed E-state index contributed by atoms with van der Waals surface area (Å²) in [6.07, 6.45) is 6.32. The van der Waals surface area contributed by atoms with E-state index in [-0.39, 0.29) is 16.9 Å². The molecule has 128 valence electrons. The van der Waals surface area contributed by atoms with Crippen LogP contribution in [-0.4, -0.2) is 29.5 Å². The fraction of sp³-hybridized carbons (Fsp3) is 0.684. The quantitative estimate of drug-likeness (QED) is 0.912. The van der Waals surface area contributed by atoms with Gasteiger partial charge in [0.1, 0.15) is 5.82 Å². The number of hydrogen-bond acceptors (Lipinski definition) is 3. The number of carbonyl (C=O) groups excluding carboxylic acids is 1. The number of carbonyl (C=O) groups is 1. The van der Waals surface area contributed by atoms with Crippen LogP contribution < -0.4 is 10.2 Å². The van der Waals surface area contributed by atoms with Crippen molar-refractivity contribution < 1.29 is 4.79 Å². The zero-order chi connectivity index (χ0) is 17.1. The molecule has 1 aromatic heterocycles. The van der Waals surface area contributed by atoms with Gasteiger partial charge in [0.2, 0.25) is 0 Å². The zero-order valence-electron chi connectivity index (χ0n) is 15.3. The Labute approximate surface area is 140 Å². The Balaban J connectivity index is 2.16. The van der Waals surface area contributed by atoms with Crippen molar-refractivity contribution in [1.29, 1.82) is 0 Å². The first-order valence-corrected chi connectivity index (χ1v) is 8.70. The molecule has 0 aromatic carbocycles. The maximum absolute atomic E-state index is 12.8. The molecular formula is C19H31N3O. The molecule has 2 rings (SSSR count). The molecule has 1 N–H and O–H groups in total. The van der Waals surface area contributed by atoms with Crippen LogP contribution in [0.15, 0.2) is 18.3 Å². The molecule has 1 amide bonds. The molecule has 1 aliphatic heterocycles. The fourth-order valence-electron chi connectivity index (χ4n) is 3.68. The topological polar surface area (TPSA) is 45.2 Å². The van der Waals surface area contributed by atoms with Crippen molar-refractivity contribution in [2.45, 2.75) is 65.8 Å². The third-order valence-electron chi connectivity index (χ3n) is 4.11. The van der Waals surface area contributed by atoms with E-state index in [2.05, 4.69) is 49.8 Å². The van der Waals surface area contributed by atoms with Gasteiger partial charge in [0.25, 0.3) is 5.91 Å². The van der Waals surface area contributed by atoms with E-state index in [0.29, 0.717) is 5.56 Å². The highest BCUT2D eigenvalue weighted by Gasteiger charge is 2.29. The molecule has 1 fully saturated rings. The highest BCUT2D eigenvalue weighted by molar-refractivity contribution is 5.99. The van der Waals surface area contributed by atoms with E-state index >= 15 is 0 Å². The number of anilines is 1. The van der Waals surface area contributed by atoms with E-state index in [1.165, 1.54) is 19.3 Å². The van der Waals surface area contributed by atoms with E-state index < -0.39 is 0 Å². The van der Waals surface area contributed by atoms with Crippen LogP contribution in [0.5, 0.6) is 0 Å². The van der Waals surface area contributed by atoms with Crippen LogP contribution in [0.4, 0.5) is 5.82 Å². The van der Waals surface area contributed by atoms with Gasteiger partial charge >= 0.3 is 0 Å². The van der Waals surface area contributed by atoms with Gasteiger partial charge in [-0.2, -0.15) is 0 Å². The molecule has 1 saturated heterocycles. The van der Waals surface area contributed by atoms with Gasteiger partial charge in [-0.05, 0) is 57.1 Å². The number of pyridine rings is 1. The Morgan fingerprint density at radius 3 is 2.43 bits per heavy atom. The summed E-state index contributed by atoms with van der Waals surface area (Å²) in [6, 6.07) is 3.73. The van der Waals surface area contributed by atoms with Crippen molar-refractivity contribution in [3.05, 3.63) is 23.9 Å². The van der Waals surface area contributed by atoms with Gasteiger partial charge in [-0.3, -0.25) is 4.79 Å². The number of rotatable bonds is 4. The maximum atomic E-state index is 12.8. The number of hydrogen-bond donors (Lipinski definition) is 1. The molecule has 0 radical (unpaired) electrons. The van der Waals surface area contributed by atoms with Crippen molar-refractivity contribution in [3.63, 3.8) is 0 Å². The molecule has 1 aromatic rings. The van der Waals surface area contributed by atoms with E-state index in [1.807, 2.05) is 12.1 Å². The van der Waals surface area contributed by atoms with Gasteiger partial charge in [-0.25, -0.2) is 4.98 Å². The van der Waals surface area contributed by atoms with Crippen molar-refractivity contribution in [2.24, 2.45) is 5.41 Å². The van der Waals surface area contributed by atoms with Crippen molar-refractivity contribution >= 4 is 11.7 Å². The van der Waals surface area contributed by atoms with Crippen LogP contribution in [0.25, 0.3) is 0 Å². The van der Waals surface area contributed by atoms with Crippen LogP contribution in [0.3, 0.4) is 0 Å². The number of amides is 1. The van der Waals surface area contributed by atoms with Gasteiger partial charge in [0.15, 0.2) is 0 Å². The number of nitrogens with one attached hydrogen (secondary N) is 1. The van der Waals surface area contributed by atoms with E-state index in [0.717, 1.165) is 25.3 Å². The summed E-state index contributed by atoms with van der Waals surface area (Å²) >= 11 is 0. The summed E-state index contributed by atoms with van der Waals surface area (Å²) in [5.74, 6) is 0.809. The Kier molecular flexibility index (Phi) is 5.33. The summed E-state index contributed by atoms with van der Waals surface area (Å²) in [5.41, 5.74) is 0.613. The van der Waals surface area contributed by atoms with Gasteiger partial charge < -0.3 is 10.2 Å². The number of piperidine rings is 1. The Morgan fingerprint density at radius 1 is 1.17 bits per heavy atom. The second-order valence-electron chi connectivity index (χ2n) is 8.50. The van der Waals surface area contributed by atoms with Gasteiger partial charge in [-0.1, -0.05) is 20.8 Å². The lowest BCUT2D eigenvalue weighted by Crippen LogP contribution is -2.46. The molecule has 2 heterocycles. The number of aromatic nitrogens is 1. The van der Waals surface area contributed by atoms with Crippen LogP contribution >= 0.6 is 0 Å². The average Bonchev–Trinajstić information content (AvgIpc) is 2.45. The molecule has 0 atom stereocenters. The number of nitrogens with zero attached hydrogens (tertiary/aromatic N) is 2. The lowest BCUT2D eigenvalue weighted by molar-refractivity contribution is 0.0891. The lowest BCUT2D eigenvalue weighted by Gasteiger charge is -2.34. The molecule has 0 aliphatic carbocycles. The molecule has 1 aliphatic rings. The average molecular weight is 317 g/mol. The van der Waals surface area contributed by atoms with Gasteiger partial charge in [0, 0.05) is 24.8 Å². The largest absolute Gasteiger partial charge is 0.356 e. The SMILES string of the molecule is CC(C)(C)CC(C)(C)NC(=O)c1cccnc1N1CCCCC1. The minimum absolute atomic E-state index is 0.0204. The third-order valence-corrected chi connectivity index (χ3v) is 4.11. The molecule has 0 saturated carbocycles.